The number of carbonyl (C=O) groups excluding carboxylic acids is 1. The van der Waals surface area contributed by atoms with E-state index in [1.165, 1.54) is 0 Å². The summed E-state index contributed by atoms with van der Waals surface area (Å²) in [5.74, 6) is 0.161. The first-order chi connectivity index (χ1) is 9.54. The van der Waals surface area contributed by atoms with Crippen LogP contribution >= 0.6 is 15.9 Å². The second-order valence-electron chi connectivity index (χ2n) is 5.82. The Hall–Kier alpha value is -0.870. The minimum Gasteiger partial charge on any atom is -0.355 e. The highest BCUT2D eigenvalue weighted by Gasteiger charge is 2.42. The SMILES string of the molecule is CC(N)CCNC(=O)C1(c2cccc(Br)c2)CCCC1. The third-order valence-corrected chi connectivity index (χ3v) is 4.65. The lowest BCUT2D eigenvalue weighted by Crippen LogP contribution is -2.43. The minimum atomic E-state index is -0.346. The summed E-state index contributed by atoms with van der Waals surface area (Å²) in [7, 11) is 0. The minimum absolute atomic E-state index is 0.126. The van der Waals surface area contributed by atoms with E-state index in [4.69, 9.17) is 5.73 Å². The summed E-state index contributed by atoms with van der Waals surface area (Å²) in [6.07, 6.45) is 4.93. The maximum atomic E-state index is 12.7. The fraction of sp³-hybridized carbons (Fsp3) is 0.562. The molecule has 1 saturated carbocycles. The molecule has 0 bridgehead atoms. The van der Waals surface area contributed by atoms with E-state index in [0.717, 1.165) is 42.1 Å². The van der Waals surface area contributed by atoms with Gasteiger partial charge >= 0.3 is 0 Å². The van der Waals surface area contributed by atoms with Crippen LogP contribution in [0.25, 0.3) is 0 Å². The van der Waals surface area contributed by atoms with Crippen LogP contribution in [0.3, 0.4) is 0 Å². The maximum absolute atomic E-state index is 12.7. The van der Waals surface area contributed by atoms with Crippen molar-refractivity contribution in [2.75, 3.05) is 6.54 Å². The molecule has 1 aromatic rings. The Morgan fingerprint density at radius 1 is 1.45 bits per heavy atom. The zero-order valence-electron chi connectivity index (χ0n) is 12.0. The van der Waals surface area contributed by atoms with Crippen molar-refractivity contribution in [3.8, 4) is 0 Å². The fourth-order valence-electron chi connectivity index (χ4n) is 2.99. The maximum Gasteiger partial charge on any atom is 0.230 e. The first-order valence-electron chi connectivity index (χ1n) is 7.34. The third-order valence-electron chi connectivity index (χ3n) is 4.15. The molecule has 1 fully saturated rings. The van der Waals surface area contributed by atoms with Gasteiger partial charge in [-0.3, -0.25) is 4.79 Å². The van der Waals surface area contributed by atoms with Gasteiger partial charge in [0.1, 0.15) is 0 Å². The van der Waals surface area contributed by atoms with Gasteiger partial charge in [0, 0.05) is 17.1 Å². The van der Waals surface area contributed by atoms with E-state index in [9.17, 15) is 4.79 Å². The van der Waals surface area contributed by atoms with Crippen LogP contribution in [-0.4, -0.2) is 18.5 Å². The standard InChI is InChI=1S/C16H23BrN2O/c1-12(18)7-10-19-15(20)16(8-2-3-9-16)13-5-4-6-14(17)11-13/h4-6,11-12H,2-3,7-10,18H2,1H3,(H,19,20). The van der Waals surface area contributed by atoms with E-state index in [1.807, 2.05) is 19.1 Å². The summed E-state index contributed by atoms with van der Waals surface area (Å²) in [5, 5.41) is 3.08. The quantitative estimate of drug-likeness (QED) is 0.866. The molecule has 3 N–H and O–H groups in total. The number of hydrogen-bond donors (Lipinski definition) is 2. The second-order valence-corrected chi connectivity index (χ2v) is 6.74. The zero-order valence-corrected chi connectivity index (χ0v) is 13.6. The van der Waals surface area contributed by atoms with Gasteiger partial charge < -0.3 is 11.1 Å². The Morgan fingerprint density at radius 2 is 2.15 bits per heavy atom. The summed E-state index contributed by atoms with van der Waals surface area (Å²) >= 11 is 3.51. The monoisotopic (exact) mass is 338 g/mol. The van der Waals surface area contributed by atoms with Gasteiger partial charge in [0.05, 0.1) is 5.41 Å². The Balaban J connectivity index is 2.15. The molecule has 1 amide bonds. The van der Waals surface area contributed by atoms with Crippen LogP contribution in [0.4, 0.5) is 0 Å². The van der Waals surface area contributed by atoms with Crippen molar-refractivity contribution in [3.63, 3.8) is 0 Å². The van der Waals surface area contributed by atoms with Crippen LogP contribution < -0.4 is 11.1 Å². The molecule has 1 unspecified atom stereocenters. The Bertz CT molecular complexity index is 467. The molecule has 4 heteroatoms. The molecule has 0 saturated heterocycles. The van der Waals surface area contributed by atoms with Crippen molar-refractivity contribution in [3.05, 3.63) is 34.3 Å². The van der Waals surface area contributed by atoms with Crippen molar-refractivity contribution >= 4 is 21.8 Å². The average Bonchev–Trinajstić information content (AvgIpc) is 2.88. The van der Waals surface area contributed by atoms with Gasteiger partial charge in [-0.2, -0.15) is 0 Å². The van der Waals surface area contributed by atoms with Crippen molar-refractivity contribution in [2.24, 2.45) is 5.73 Å². The van der Waals surface area contributed by atoms with Crippen molar-refractivity contribution in [2.45, 2.75) is 50.5 Å². The van der Waals surface area contributed by atoms with Crippen LogP contribution in [0.5, 0.6) is 0 Å². The fourth-order valence-corrected chi connectivity index (χ4v) is 3.39. The normalized spacial score (nSPS) is 18.8. The highest BCUT2D eigenvalue weighted by atomic mass is 79.9. The molecule has 1 aliphatic rings. The lowest BCUT2D eigenvalue weighted by atomic mass is 9.78. The van der Waals surface area contributed by atoms with Crippen molar-refractivity contribution in [1.29, 1.82) is 0 Å². The highest BCUT2D eigenvalue weighted by Crippen LogP contribution is 2.42. The van der Waals surface area contributed by atoms with Crippen LogP contribution in [0.15, 0.2) is 28.7 Å². The van der Waals surface area contributed by atoms with E-state index >= 15 is 0 Å². The molecule has 0 heterocycles. The molecule has 1 aliphatic carbocycles. The largest absolute Gasteiger partial charge is 0.355 e. The summed E-state index contributed by atoms with van der Waals surface area (Å²) < 4.78 is 1.03. The molecule has 2 rings (SSSR count). The number of carbonyl (C=O) groups is 1. The van der Waals surface area contributed by atoms with Gasteiger partial charge in [0.15, 0.2) is 0 Å². The van der Waals surface area contributed by atoms with E-state index in [-0.39, 0.29) is 17.4 Å². The number of halogens is 1. The van der Waals surface area contributed by atoms with Crippen LogP contribution in [0, 0.1) is 0 Å². The van der Waals surface area contributed by atoms with Gasteiger partial charge in [0.25, 0.3) is 0 Å². The highest BCUT2D eigenvalue weighted by molar-refractivity contribution is 9.10. The van der Waals surface area contributed by atoms with E-state index in [2.05, 4.69) is 33.4 Å². The number of hydrogen-bond acceptors (Lipinski definition) is 2. The number of nitrogens with one attached hydrogen (secondary N) is 1. The molecule has 110 valence electrons. The smallest absolute Gasteiger partial charge is 0.230 e. The summed E-state index contributed by atoms with van der Waals surface area (Å²) in [6.45, 7) is 2.62. The van der Waals surface area contributed by atoms with Crippen LogP contribution in [0.2, 0.25) is 0 Å². The number of nitrogens with two attached hydrogens (primary N) is 1. The Kier molecular flexibility index (Phi) is 5.22. The number of benzene rings is 1. The first-order valence-corrected chi connectivity index (χ1v) is 8.14. The van der Waals surface area contributed by atoms with E-state index in [1.54, 1.807) is 0 Å². The number of rotatable bonds is 5. The van der Waals surface area contributed by atoms with Crippen LogP contribution in [0.1, 0.15) is 44.6 Å². The lowest BCUT2D eigenvalue weighted by molar-refractivity contribution is -0.126. The van der Waals surface area contributed by atoms with Gasteiger partial charge in [-0.25, -0.2) is 0 Å². The molecule has 0 aromatic heterocycles. The predicted molar refractivity (Wildman–Crippen MR) is 85.6 cm³/mol. The zero-order chi connectivity index (χ0) is 14.6. The lowest BCUT2D eigenvalue weighted by Gasteiger charge is -2.28. The molecular formula is C16H23BrN2O. The van der Waals surface area contributed by atoms with Gasteiger partial charge in [-0.15, -0.1) is 0 Å². The molecule has 0 spiro atoms. The molecule has 1 aromatic carbocycles. The summed E-state index contributed by atoms with van der Waals surface area (Å²) in [6, 6.07) is 8.28. The molecule has 20 heavy (non-hydrogen) atoms. The first kappa shape index (κ1) is 15.5. The van der Waals surface area contributed by atoms with Crippen molar-refractivity contribution < 1.29 is 4.79 Å². The molecule has 3 nitrogen and oxygen atoms in total. The van der Waals surface area contributed by atoms with Gasteiger partial charge in [-0.05, 0) is 43.9 Å². The van der Waals surface area contributed by atoms with Gasteiger partial charge in [0.2, 0.25) is 5.91 Å². The van der Waals surface area contributed by atoms with Gasteiger partial charge in [-0.1, -0.05) is 40.9 Å². The Labute approximate surface area is 129 Å². The van der Waals surface area contributed by atoms with E-state index in [0.29, 0.717) is 6.54 Å². The molecule has 1 atom stereocenters. The van der Waals surface area contributed by atoms with Crippen molar-refractivity contribution in [1.82, 2.24) is 5.32 Å². The molecule has 0 aliphatic heterocycles. The number of amides is 1. The summed E-state index contributed by atoms with van der Waals surface area (Å²) in [5.41, 5.74) is 6.52. The topological polar surface area (TPSA) is 55.1 Å². The van der Waals surface area contributed by atoms with E-state index < -0.39 is 0 Å². The second kappa shape index (κ2) is 6.72. The molecule has 0 radical (unpaired) electrons. The molecular weight excluding hydrogens is 316 g/mol. The third kappa shape index (κ3) is 3.41. The summed E-state index contributed by atoms with van der Waals surface area (Å²) in [4.78, 5) is 12.7. The Morgan fingerprint density at radius 3 is 2.75 bits per heavy atom. The van der Waals surface area contributed by atoms with Crippen LogP contribution in [-0.2, 0) is 10.2 Å². The predicted octanol–water partition coefficient (Wildman–Crippen LogP) is 3.11. The average molecular weight is 339 g/mol.